The molecule has 1 aliphatic carbocycles. The van der Waals surface area contributed by atoms with Crippen molar-refractivity contribution in [1.29, 1.82) is 0 Å². The van der Waals surface area contributed by atoms with Crippen LogP contribution in [0.1, 0.15) is 0 Å². The van der Waals surface area contributed by atoms with Crippen LogP contribution in [0.4, 0.5) is 0 Å². The highest BCUT2D eigenvalue weighted by Crippen LogP contribution is 2.50. The fourth-order valence-electron chi connectivity index (χ4n) is 6.65. The second-order valence-corrected chi connectivity index (χ2v) is 10.4. The Kier molecular flexibility index (Phi) is 4.08. The molecule has 6 aromatic carbocycles. The van der Waals surface area contributed by atoms with E-state index >= 15 is 0 Å². The molecule has 0 saturated carbocycles. The lowest BCUT2D eigenvalue weighted by atomic mass is 9.95. The van der Waals surface area contributed by atoms with Crippen LogP contribution in [0.5, 0.6) is 0 Å². The van der Waals surface area contributed by atoms with E-state index in [9.17, 15) is 0 Å². The summed E-state index contributed by atoms with van der Waals surface area (Å²) in [5.74, 6) is 0. The maximum atomic E-state index is 4.69. The van der Waals surface area contributed by atoms with Crippen molar-refractivity contribution < 1.29 is 0 Å². The van der Waals surface area contributed by atoms with Gasteiger partial charge in [0.1, 0.15) is 0 Å². The highest BCUT2D eigenvalue weighted by atomic mass is 15.0. The molecule has 0 fully saturated rings. The molecule has 0 saturated heterocycles. The number of hydrogen-bond acceptors (Lipinski definition) is 1. The van der Waals surface area contributed by atoms with Gasteiger partial charge < -0.3 is 4.57 Å². The molecule has 0 atom stereocenters. The molecule has 0 N–H and O–H groups in total. The largest absolute Gasteiger partial charge is 0.308 e. The summed E-state index contributed by atoms with van der Waals surface area (Å²) in [6.07, 6.45) is 1.87. The van der Waals surface area contributed by atoms with Gasteiger partial charge in [0, 0.05) is 17.3 Å². The van der Waals surface area contributed by atoms with Gasteiger partial charge in [-0.2, -0.15) is 0 Å². The van der Waals surface area contributed by atoms with Crippen molar-refractivity contribution in [3.8, 4) is 39.1 Å². The number of para-hydroxylation sites is 1. The Morgan fingerprint density at radius 3 is 2.15 bits per heavy atom. The van der Waals surface area contributed by atoms with E-state index in [-0.39, 0.29) is 0 Å². The van der Waals surface area contributed by atoms with Crippen molar-refractivity contribution in [2.24, 2.45) is 0 Å². The fourth-order valence-corrected chi connectivity index (χ4v) is 6.65. The molecule has 2 heterocycles. The molecule has 2 aromatic heterocycles. The molecule has 0 aliphatic heterocycles. The van der Waals surface area contributed by atoms with E-state index in [2.05, 4.69) is 131 Å². The van der Waals surface area contributed by atoms with Crippen LogP contribution in [0, 0.1) is 0 Å². The van der Waals surface area contributed by atoms with Crippen LogP contribution in [-0.2, 0) is 0 Å². The van der Waals surface area contributed by atoms with Crippen LogP contribution in [0.3, 0.4) is 0 Å². The predicted molar refractivity (Wildman–Crippen MR) is 163 cm³/mol. The van der Waals surface area contributed by atoms with Crippen molar-refractivity contribution in [2.75, 3.05) is 0 Å². The number of hydrogen-bond donors (Lipinski definition) is 0. The van der Waals surface area contributed by atoms with Gasteiger partial charge in [0.15, 0.2) is 0 Å². The summed E-state index contributed by atoms with van der Waals surface area (Å²) in [4.78, 5) is 4.69. The summed E-state index contributed by atoms with van der Waals surface area (Å²) in [6, 6.07) is 46.4. The van der Waals surface area contributed by atoms with Crippen LogP contribution >= 0.6 is 0 Å². The van der Waals surface area contributed by atoms with Gasteiger partial charge in [0.2, 0.25) is 0 Å². The molecule has 0 radical (unpaired) electrons. The first-order valence-electron chi connectivity index (χ1n) is 13.4. The molecule has 0 amide bonds. The average molecular weight is 495 g/mol. The Morgan fingerprint density at radius 1 is 0.462 bits per heavy atom. The topological polar surface area (TPSA) is 17.8 Å². The minimum Gasteiger partial charge on any atom is -0.308 e. The first-order chi connectivity index (χ1) is 19.3. The lowest BCUT2D eigenvalue weighted by Gasteiger charge is -2.11. The Labute approximate surface area is 225 Å². The normalized spacial score (nSPS) is 12.1. The Bertz CT molecular complexity index is 2220. The Balaban J connectivity index is 1.19. The summed E-state index contributed by atoms with van der Waals surface area (Å²) in [5.41, 5.74) is 12.3. The number of pyridine rings is 1. The van der Waals surface area contributed by atoms with Crippen LogP contribution in [0.25, 0.3) is 82.5 Å². The van der Waals surface area contributed by atoms with Crippen molar-refractivity contribution >= 4 is 43.5 Å². The summed E-state index contributed by atoms with van der Waals surface area (Å²) in [6.45, 7) is 0. The number of nitrogens with zero attached hydrogens (tertiary/aromatic N) is 2. The van der Waals surface area contributed by atoms with Crippen molar-refractivity contribution in [3.63, 3.8) is 0 Å². The van der Waals surface area contributed by atoms with Crippen molar-refractivity contribution in [3.05, 3.63) is 134 Å². The summed E-state index contributed by atoms with van der Waals surface area (Å²) >= 11 is 0. The average Bonchev–Trinajstić information content (AvgIpc) is 3.51. The quantitative estimate of drug-likeness (QED) is 0.219. The molecule has 180 valence electrons. The molecule has 39 heavy (non-hydrogen) atoms. The van der Waals surface area contributed by atoms with Gasteiger partial charge in [-0.05, 0) is 97.4 Å². The first kappa shape index (κ1) is 20.8. The smallest absolute Gasteiger partial charge is 0.0963 e. The third kappa shape index (κ3) is 2.83. The van der Waals surface area contributed by atoms with Gasteiger partial charge >= 0.3 is 0 Å². The second kappa shape index (κ2) is 7.66. The molecule has 0 spiro atoms. The molecular weight excluding hydrogens is 472 g/mol. The standard InChI is InChI=1S/C37H22N2/c1-2-8-27-25(7-1)22-33-32-21-24(16-19-28(32)30-11-5-10-29(27)36(30)33)23-14-17-26(18-15-23)39-34-12-4-3-9-31(34)37-35(39)13-6-20-38-37/h1-22H. The zero-order valence-electron chi connectivity index (χ0n) is 21.1. The highest BCUT2D eigenvalue weighted by molar-refractivity contribution is 6.23. The Hall–Kier alpha value is -5.21. The fraction of sp³-hybridized carbons (Fsp3) is 0. The van der Waals surface area contributed by atoms with Crippen molar-refractivity contribution in [1.82, 2.24) is 9.55 Å². The van der Waals surface area contributed by atoms with Gasteiger partial charge in [-0.15, -0.1) is 0 Å². The van der Waals surface area contributed by atoms with Crippen LogP contribution in [-0.4, -0.2) is 9.55 Å². The number of fused-ring (bicyclic) bond motifs is 8. The van der Waals surface area contributed by atoms with Crippen LogP contribution in [0.15, 0.2) is 134 Å². The van der Waals surface area contributed by atoms with Crippen LogP contribution in [0.2, 0.25) is 0 Å². The maximum Gasteiger partial charge on any atom is 0.0963 e. The van der Waals surface area contributed by atoms with E-state index in [1.54, 1.807) is 0 Å². The molecular formula is C37H22N2. The third-order valence-corrected chi connectivity index (χ3v) is 8.37. The van der Waals surface area contributed by atoms with Gasteiger partial charge in [-0.25, -0.2) is 0 Å². The van der Waals surface area contributed by atoms with Gasteiger partial charge in [-0.3, -0.25) is 4.98 Å². The predicted octanol–water partition coefficient (Wildman–Crippen LogP) is 9.80. The minimum atomic E-state index is 1.04. The van der Waals surface area contributed by atoms with E-state index in [0.29, 0.717) is 0 Å². The van der Waals surface area contributed by atoms with E-state index in [1.165, 1.54) is 65.8 Å². The third-order valence-electron chi connectivity index (χ3n) is 8.37. The number of benzene rings is 6. The lowest BCUT2D eigenvalue weighted by molar-refractivity contribution is 1.18. The lowest BCUT2D eigenvalue weighted by Crippen LogP contribution is -1.93. The van der Waals surface area contributed by atoms with Gasteiger partial charge in [-0.1, -0.05) is 84.9 Å². The second-order valence-electron chi connectivity index (χ2n) is 10.4. The summed E-state index contributed by atoms with van der Waals surface area (Å²) < 4.78 is 2.31. The van der Waals surface area contributed by atoms with E-state index in [4.69, 9.17) is 0 Å². The van der Waals surface area contributed by atoms with Gasteiger partial charge in [0.05, 0.1) is 16.6 Å². The molecule has 2 nitrogen and oxygen atoms in total. The molecule has 0 bridgehead atoms. The maximum absolute atomic E-state index is 4.69. The number of rotatable bonds is 2. The molecule has 0 unspecified atom stereocenters. The summed E-state index contributed by atoms with van der Waals surface area (Å²) in [5, 5.41) is 6.50. The monoisotopic (exact) mass is 494 g/mol. The van der Waals surface area contributed by atoms with Gasteiger partial charge in [0.25, 0.3) is 0 Å². The molecule has 2 heteroatoms. The number of aromatic nitrogens is 2. The molecule has 9 rings (SSSR count). The highest BCUT2D eigenvalue weighted by Gasteiger charge is 2.23. The molecule has 8 aromatic rings. The zero-order valence-corrected chi connectivity index (χ0v) is 21.1. The molecule has 1 aliphatic rings. The van der Waals surface area contributed by atoms with Crippen LogP contribution < -0.4 is 0 Å². The first-order valence-corrected chi connectivity index (χ1v) is 13.4. The van der Waals surface area contributed by atoms with E-state index in [1.807, 2.05) is 12.3 Å². The zero-order chi connectivity index (χ0) is 25.5. The minimum absolute atomic E-state index is 1.04. The SMILES string of the molecule is c1ccc2c(c1)cc1c3c(cccc32)-c2ccc(-c3ccc(-n4c5ccccc5c5ncccc54)cc3)cc2-1. The Morgan fingerprint density at radius 2 is 1.23 bits per heavy atom. The van der Waals surface area contributed by atoms with E-state index in [0.717, 1.165) is 16.7 Å². The summed E-state index contributed by atoms with van der Waals surface area (Å²) in [7, 11) is 0. The van der Waals surface area contributed by atoms with Crippen molar-refractivity contribution in [2.45, 2.75) is 0 Å². The van der Waals surface area contributed by atoms with E-state index < -0.39 is 0 Å².